The van der Waals surface area contributed by atoms with E-state index in [9.17, 15) is 4.79 Å². The Morgan fingerprint density at radius 2 is 1.72 bits per heavy atom. The van der Waals surface area contributed by atoms with E-state index in [2.05, 4.69) is 55.4 Å². The van der Waals surface area contributed by atoms with Crippen LogP contribution in [0.25, 0.3) is 0 Å². The van der Waals surface area contributed by atoms with Gasteiger partial charge in [0.15, 0.2) is 0 Å². The molecule has 3 aromatic rings. The highest BCUT2D eigenvalue weighted by atomic mass is 16.2. The van der Waals surface area contributed by atoms with E-state index in [4.69, 9.17) is 5.73 Å². The standard InChI is InChI=1S/C25H28N6O/c26-25-27-19(10-11-21-20-8-4-5-9-22(20)28-24(21)32)16-23(29-25)31-14-12-30(13-15-31)17-18-6-2-1-3-7-18/h1-9,16,21H,10-15,17H2,(H,28,32)(H2,26,27,29). The average molecular weight is 429 g/mol. The van der Waals surface area contributed by atoms with E-state index in [1.807, 2.05) is 30.3 Å². The number of amides is 1. The second-order valence-electron chi connectivity index (χ2n) is 8.49. The van der Waals surface area contributed by atoms with Crippen LogP contribution in [-0.4, -0.2) is 47.0 Å². The van der Waals surface area contributed by atoms with Gasteiger partial charge in [0, 0.05) is 50.2 Å². The second kappa shape index (κ2) is 8.96. The van der Waals surface area contributed by atoms with E-state index in [0.717, 1.165) is 55.5 Å². The molecule has 2 aliphatic heterocycles. The van der Waals surface area contributed by atoms with Crippen molar-refractivity contribution >= 4 is 23.4 Å². The maximum absolute atomic E-state index is 12.4. The number of fused-ring (bicyclic) bond motifs is 1. The number of nitrogens with zero attached hydrogens (tertiary/aromatic N) is 4. The molecule has 2 aliphatic rings. The fourth-order valence-electron chi connectivity index (χ4n) is 4.62. The van der Waals surface area contributed by atoms with Gasteiger partial charge < -0.3 is 16.0 Å². The molecule has 7 heteroatoms. The van der Waals surface area contributed by atoms with Crippen molar-refractivity contribution in [2.45, 2.75) is 25.3 Å². The molecular weight excluding hydrogens is 400 g/mol. The summed E-state index contributed by atoms with van der Waals surface area (Å²) in [6.07, 6.45) is 1.38. The molecule has 164 valence electrons. The third-order valence-corrected chi connectivity index (χ3v) is 6.33. The van der Waals surface area contributed by atoms with Gasteiger partial charge in [0.25, 0.3) is 0 Å². The second-order valence-corrected chi connectivity index (χ2v) is 8.49. The lowest BCUT2D eigenvalue weighted by Gasteiger charge is -2.35. The first-order valence-electron chi connectivity index (χ1n) is 11.2. The minimum Gasteiger partial charge on any atom is -0.368 e. The largest absolute Gasteiger partial charge is 0.368 e. The molecule has 3 heterocycles. The van der Waals surface area contributed by atoms with Crippen molar-refractivity contribution in [2.75, 3.05) is 42.1 Å². The smallest absolute Gasteiger partial charge is 0.232 e. The maximum atomic E-state index is 12.4. The molecule has 1 unspecified atom stereocenters. The molecular formula is C25H28N6O. The summed E-state index contributed by atoms with van der Waals surface area (Å²) in [5.41, 5.74) is 10.2. The van der Waals surface area contributed by atoms with Crippen LogP contribution >= 0.6 is 0 Å². The summed E-state index contributed by atoms with van der Waals surface area (Å²) in [5.74, 6) is 1.08. The molecule has 7 nitrogen and oxygen atoms in total. The van der Waals surface area contributed by atoms with E-state index >= 15 is 0 Å². The molecule has 1 fully saturated rings. The van der Waals surface area contributed by atoms with Crippen molar-refractivity contribution in [3.05, 3.63) is 77.5 Å². The van der Waals surface area contributed by atoms with Crippen LogP contribution in [0.15, 0.2) is 60.7 Å². The number of aromatic nitrogens is 2. The number of hydrogen-bond donors (Lipinski definition) is 2. The zero-order chi connectivity index (χ0) is 21.9. The number of aryl methyl sites for hydroxylation is 1. The minimum atomic E-state index is -0.146. The van der Waals surface area contributed by atoms with Gasteiger partial charge in [0.1, 0.15) is 5.82 Å². The van der Waals surface area contributed by atoms with Crippen LogP contribution in [0.1, 0.15) is 29.2 Å². The lowest BCUT2D eigenvalue weighted by atomic mass is 9.95. The van der Waals surface area contributed by atoms with Gasteiger partial charge in [0.05, 0.1) is 5.92 Å². The fourth-order valence-corrected chi connectivity index (χ4v) is 4.62. The highest BCUT2D eigenvalue weighted by Gasteiger charge is 2.30. The summed E-state index contributed by atoms with van der Waals surface area (Å²) in [4.78, 5) is 26.1. The molecule has 3 N–H and O–H groups in total. The van der Waals surface area contributed by atoms with Gasteiger partial charge in [-0.2, -0.15) is 4.98 Å². The molecule has 1 saturated heterocycles. The number of rotatable bonds is 6. The molecule has 5 rings (SSSR count). The Balaban J connectivity index is 1.21. The Hall–Kier alpha value is -3.45. The van der Waals surface area contributed by atoms with E-state index in [0.29, 0.717) is 18.8 Å². The molecule has 1 amide bonds. The number of carbonyl (C=O) groups excluding carboxylic acids is 1. The molecule has 32 heavy (non-hydrogen) atoms. The van der Waals surface area contributed by atoms with Crippen LogP contribution in [0.2, 0.25) is 0 Å². The minimum absolute atomic E-state index is 0.0583. The number of carbonyl (C=O) groups is 1. The highest BCUT2D eigenvalue weighted by Crippen LogP contribution is 2.35. The summed E-state index contributed by atoms with van der Waals surface area (Å²) in [7, 11) is 0. The molecule has 0 radical (unpaired) electrons. The molecule has 0 bridgehead atoms. The molecule has 0 spiro atoms. The summed E-state index contributed by atoms with van der Waals surface area (Å²) < 4.78 is 0. The molecule has 1 aromatic heterocycles. The first-order valence-corrected chi connectivity index (χ1v) is 11.2. The van der Waals surface area contributed by atoms with Crippen molar-refractivity contribution in [1.82, 2.24) is 14.9 Å². The number of nitrogen functional groups attached to an aromatic ring is 1. The first kappa shape index (κ1) is 20.5. The van der Waals surface area contributed by atoms with Crippen LogP contribution in [0.5, 0.6) is 0 Å². The molecule has 1 atom stereocenters. The number of anilines is 3. The van der Waals surface area contributed by atoms with Gasteiger partial charge in [-0.3, -0.25) is 9.69 Å². The van der Waals surface area contributed by atoms with E-state index < -0.39 is 0 Å². The quantitative estimate of drug-likeness (QED) is 0.628. The van der Waals surface area contributed by atoms with Crippen LogP contribution in [0.3, 0.4) is 0 Å². The SMILES string of the molecule is Nc1nc(CCC2C(=O)Nc3ccccc32)cc(N2CCN(Cc3ccccc3)CC2)n1. The van der Waals surface area contributed by atoms with Crippen LogP contribution in [0.4, 0.5) is 17.5 Å². The maximum Gasteiger partial charge on any atom is 0.232 e. The monoisotopic (exact) mass is 428 g/mol. The Kier molecular flexibility index (Phi) is 5.73. The highest BCUT2D eigenvalue weighted by molar-refractivity contribution is 6.02. The molecule has 0 saturated carbocycles. The lowest BCUT2D eigenvalue weighted by Crippen LogP contribution is -2.46. The van der Waals surface area contributed by atoms with Crippen molar-refractivity contribution in [1.29, 1.82) is 0 Å². The fraction of sp³-hybridized carbons (Fsp3) is 0.320. The predicted octanol–water partition coefficient (Wildman–Crippen LogP) is 3.05. The number of benzene rings is 2. The summed E-state index contributed by atoms with van der Waals surface area (Å²) in [6.45, 7) is 4.74. The third kappa shape index (κ3) is 4.43. The number of hydrogen-bond acceptors (Lipinski definition) is 6. The number of piperazine rings is 1. The van der Waals surface area contributed by atoms with Crippen LogP contribution < -0.4 is 16.0 Å². The van der Waals surface area contributed by atoms with E-state index in [1.165, 1.54) is 5.56 Å². The summed E-state index contributed by atoms with van der Waals surface area (Å²) in [6, 6.07) is 20.5. The molecule has 2 aromatic carbocycles. The van der Waals surface area contributed by atoms with Gasteiger partial charge in [-0.15, -0.1) is 0 Å². The van der Waals surface area contributed by atoms with Gasteiger partial charge in [-0.1, -0.05) is 48.5 Å². The number of nitrogens with two attached hydrogens (primary N) is 1. The first-order chi connectivity index (χ1) is 15.7. The Bertz CT molecular complexity index is 1090. The van der Waals surface area contributed by atoms with Crippen LogP contribution in [0, 0.1) is 0 Å². The third-order valence-electron chi connectivity index (χ3n) is 6.33. The average Bonchev–Trinajstić information content (AvgIpc) is 3.13. The van der Waals surface area contributed by atoms with Crippen molar-refractivity contribution < 1.29 is 4.79 Å². The number of nitrogens with one attached hydrogen (secondary N) is 1. The van der Waals surface area contributed by atoms with Crippen molar-refractivity contribution in [3.8, 4) is 0 Å². The Morgan fingerprint density at radius 3 is 2.53 bits per heavy atom. The van der Waals surface area contributed by atoms with Gasteiger partial charge in [-0.05, 0) is 30.0 Å². The molecule has 0 aliphatic carbocycles. The van der Waals surface area contributed by atoms with E-state index in [-0.39, 0.29) is 11.8 Å². The Labute approximate surface area is 188 Å². The summed E-state index contributed by atoms with van der Waals surface area (Å²) in [5, 5.41) is 2.97. The Morgan fingerprint density at radius 1 is 0.969 bits per heavy atom. The topological polar surface area (TPSA) is 87.4 Å². The van der Waals surface area contributed by atoms with Crippen molar-refractivity contribution in [2.24, 2.45) is 0 Å². The van der Waals surface area contributed by atoms with Gasteiger partial charge >= 0.3 is 0 Å². The zero-order valence-electron chi connectivity index (χ0n) is 18.1. The van der Waals surface area contributed by atoms with E-state index in [1.54, 1.807) is 0 Å². The van der Waals surface area contributed by atoms with Crippen LogP contribution in [-0.2, 0) is 17.8 Å². The van der Waals surface area contributed by atoms with Crippen molar-refractivity contribution in [3.63, 3.8) is 0 Å². The number of para-hydroxylation sites is 1. The van der Waals surface area contributed by atoms with Gasteiger partial charge in [-0.25, -0.2) is 4.98 Å². The summed E-state index contributed by atoms with van der Waals surface area (Å²) >= 11 is 0. The zero-order valence-corrected chi connectivity index (χ0v) is 18.1. The predicted molar refractivity (Wildman–Crippen MR) is 127 cm³/mol. The lowest BCUT2D eigenvalue weighted by molar-refractivity contribution is -0.117. The normalized spacial score (nSPS) is 18.4. The van der Waals surface area contributed by atoms with Gasteiger partial charge in [0.2, 0.25) is 11.9 Å².